The SMILES string of the molecule is CC(=O)C1=C(C)Nc2ccccc2SC1c1ccc(Cl)cc1Cl. The lowest BCUT2D eigenvalue weighted by Crippen LogP contribution is -2.11. The van der Waals surface area contributed by atoms with Crippen molar-refractivity contribution in [3.63, 3.8) is 0 Å². The molecule has 2 aromatic rings. The molecule has 0 aromatic heterocycles. The van der Waals surface area contributed by atoms with Crippen LogP contribution in [0.25, 0.3) is 0 Å². The lowest BCUT2D eigenvalue weighted by Gasteiger charge is -2.20. The number of anilines is 1. The molecule has 0 aliphatic carbocycles. The van der Waals surface area contributed by atoms with Crippen LogP contribution in [0.1, 0.15) is 24.7 Å². The average Bonchev–Trinajstić information content (AvgIpc) is 2.62. The molecule has 1 unspecified atom stereocenters. The van der Waals surface area contributed by atoms with Crippen LogP contribution < -0.4 is 5.32 Å². The number of allylic oxidation sites excluding steroid dienone is 1. The van der Waals surface area contributed by atoms with Crippen LogP contribution in [-0.4, -0.2) is 5.78 Å². The number of halogens is 2. The molecule has 0 fully saturated rings. The molecule has 1 N–H and O–H groups in total. The van der Waals surface area contributed by atoms with E-state index in [0.717, 1.165) is 27.4 Å². The van der Waals surface area contributed by atoms with Crippen molar-refractivity contribution in [2.75, 3.05) is 5.32 Å². The van der Waals surface area contributed by atoms with Crippen molar-refractivity contribution < 1.29 is 4.79 Å². The van der Waals surface area contributed by atoms with Crippen LogP contribution in [-0.2, 0) is 4.79 Å². The van der Waals surface area contributed by atoms with E-state index >= 15 is 0 Å². The fourth-order valence-corrected chi connectivity index (χ4v) is 4.74. The molecule has 0 saturated heterocycles. The first kappa shape index (κ1) is 16.4. The number of nitrogens with one attached hydrogen (secondary N) is 1. The minimum Gasteiger partial charge on any atom is -0.358 e. The first-order valence-electron chi connectivity index (χ1n) is 7.16. The Hall–Kier alpha value is -1.42. The summed E-state index contributed by atoms with van der Waals surface area (Å²) < 4.78 is 0. The maximum absolute atomic E-state index is 12.3. The highest BCUT2D eigenvalue weighted by Gasteiger charge is 2.29. The van der Waals surface area contributed by atoms with Gasteiger partial charge in [-0.15, -0.1) is 11.8 Å². The predicted molar refractivity (Wildman–Crippen MR) is 98.5 cm³/mol. The van der Waals surface area contributed by atoms with E-state index in [2.05, 4.69) is 5.32 Å². The summed E-state index contributed by atoms with van der Waals surface area (Å²) in [4.78, 5) is 13.4. The highest BCUT2D eigenvalue weighted by Crippen LogP contribution is 2.49. The Balaban J connectivity index is 2.18. The van der Waals surface area contributed by atoms with Gasteiger partial charge in [0.25, 0.3) is 0 Å². The van der Waals surface area contributed by atoms with E-state index in [1.54, 1.807) is 30.8 Å². The predicted octanol–water partition coefficient (Wildman–Crippen LogP) is 6.12. The summed E-state index contributed by atoms with van der Waals surface area (Å²) in [6, 6.07) is 13.4. The first-order chi connectivity index (χ1) is 11.0. The van der Waals surface area contributed by atoms with E-state index in [1.807, 2.05) is 37.3 Å². The maximum atomic E-state index is 12.3. The van der Waals surface area contributed by atoms with Gasteiger partial charge in [-0.2, -0.15) is 0 Å². The van der Waals surface area contributed by atoms with E-state index in [-0.39, 0.29) is 11.0 Å². The third-order valence-electron chi connectivity index (χ3n) is 3.74. The molecule has 2 nitrogen and oxygen atoms in total. The lowest BCUT2D eigenvalue weighted by molar-refractivity contribution is -0.113. The Bertz CT molecular complexity index is 816. The highest BCUT2D eigenvalue weighted by molar-refractivity contribution is 8.00. The van der Waals surface area contributed by atoms with Gasteiger partial charge in [0.15, 0.2) is 5.78 Å². The van der Waals surface area contributed by atoms with Crippen LogP contribution in [0.2, 0.25) is 10.0 Å². The molecule has 23 heavy (non-hydrogen) atoms. The smallest absolute Gasteiger partial charge is 0.159 e. The number of thioether (sulfide) groups is 1. The van der Waals surface area contributed by atoms with Crippen molar-refractivity contribution in [2.24, 2.45) is 0 Å². The van der Waals surface area contributed by atoms with Gasteiger partial charge < -0.3 is 5.32 Å². The molecule has 1 aliphatic heterocycles. The topological polar surface area (TPSA) is 29.1 Å². The van der Waals surface area contributed by atoms with Crippen LogP contribution in [0.5, 0.6) is 0 Å². The summed E-state index contributed by atoms with van der Waals surface area (Å²) in [5.74, 6) is 0.0336. The molecule has 0 amide bonds. The molecule has 3 rings (SSSR count). The van der Waals surface area contributed by atoms with Crippen molar-refractivity contribution >= 4 is 46.4 Å². The van der Waals surface area contributed by atoms with Gasteiger partial charge >= 0.3 is 0 Å². The molecule has 0 bridgehead atoms. The monoisotopic (exact) mass is 363 g/mol. The molecule has 0 spiro atoms. The number of Topliss-reactive ketones (excluding diaryl/α,β-unsaturated/α-hetero) is 1. The van der Waals surface area contributed by atoms with Crippen LogP contribution in [0.3, 0.4) is 0 Å². The van der Waals surface area contributed by atoms with E-state index in [0.29, 0.717) is 10.0 Å². The van der Waals surface area contributed by atoms with Gasteiger partial charge in [-0.3, -0.25) is 4.79 Å². The molecule has 1 aliphatic rings. The van der Waals surface area contributed by atoms with Crippen molar-refractivity contribution in [1.29, 1.82) is 0 Å². The number of carbonyl (C=O) groups is 1. The van der Waals surface area contributed by atoms with Crippen molar-refractivity contribution in [3.05, 3.63) is 69.3 Å². The summed E-state index contributed by atoms with van der Waals surface area (Å²) in [7, 11) is 0. The number of fused-ring (bicyclic) bond motifs is 1. The molecule has 1 heterocycles. The minimum absolute atomic E-state index is 0.0336. The molecule has 5 heteroatoms. The summed E-state index contributed by atoms with van der Waals surface area (Å²) in [5.41, 5.74) is 3.48. The summed E-state index contributed by atoms with van der Waals surface area (Å²) >= 11 is 14.0. The molecule has 0 saturated carbocycles. The van der Waals surface area contributed by atoms with Gasteiger partial charge in [0.2, 0.25) is 0 Å². The second-order valence-corrected chi connectivity index (χ2v) is 7.37. The largest absolute Gasteiger partial charge is 0.358 e. The summed E-state index contributed by atoms with van der Waals surface area (Å²) in [6.45, 7) is 3.52. The second kappa shape index (κ2) is 6.60. The molecule has 0 radical (unpaired) electrons. The van der Waals surface area contributed by atoms with Crippen LogP contribution in [0.15, 0.2) is 58.6 Å². The van der Waals surface area contributed by atoms with E-state index in [4.69, 9.17) is 23.2 Å². The molecule has 2 aromatic carbocycles. The zero-order valence-electron chi connectivity index (χ0n) is 12.7. The molecular weight excluding hydrogens is 349 g/mol. The van der Waals surface area contributed by atoms with Gasteiger partial charge in [-0.25, -0.2) is 0 Å². The Morgan fingerprint density at radius 2 is 1.91 bits per heavy atom. The van der Waals surface area contributed by atoms with Gasteiger partial charge in [0.1, 0.15) is 0 Å². The summed E-state index contributed by atoms with van der Waals surface area (Å²) in [6.07, 6.45) is 0. The van der Waals surface area contributed by atoms with Crippen LogP contribution >= 0.6 is 35.0 Å². The fraction of sp³-hybridized carbons (Fsp3) is 0.167. The molecule has 118 valence electrons. The first-order valence-corrected chi connectivity index (χ1v) is 8.80. The summed E-state index contributed by atoms with van der Waals surface area (Å²) in [5, 5.41) is 4.33. The normalized spacial score (nSPS) is 17.3. The minimum atomic E-state index is -0.173. The Labute approximate surface area is 149 Å². The highest BCUT2D eigenvalue weighted by atomic mass is 35.5. The fourth-order valence-electron chi connectivity index (χ4n) is 2.71. The zero-order valence-corrected chi connectivity index (χ0v) is 15.0. The van der Waals surface area contributed by atoms with Crippen molar-refractivity contribution in [2.45, 2.75) is 24.0 Å². The van der Waals surface area contributed by atoms with Crippen LogP contribution in [0, 0.1) is 0 Å². The average molecular weight is 364 g/mol. The Morgan fingerprint density at radius 1 is 1.17 bits per heavy atom. The number of rotatable bonds is 2. The van der Waals surface area contributed by atoms with Gasteiger partial charge in [0.05, 0.1) is 10.9 Å². The number of hydrogen-bond donors (Lipinski definition) is 1. The number of hydrogen-bond acceptors (Lipinski definition) is 3. The number of para-hydroxylation sites is 1. The van der Waals surface area contributed by atoms with Crippen LogP contribution in [0.4, 0.5) is 5.69 Å². The number of benzene rings is 2. The Kier molecular flexibility index (Phi) is 4.72. The second-order valence-electron chi connectivity index (χ2n) is 5.38. The molecule has 1 atom stereocenters. The third kappa shape index (κ3) is 3.27. The zero-order chi connectivity index (χ0) is 16.6. The Morgan fingerprint density at radius 3 is 2.61 bits per heavy atom. The van der Waals surface area contributed by atoms with Crippen molar-refractivity contribution in [1.82, 2.24) is 0 Å². The van der Waals surface area contributed by atoms with Gasteiger partial charge in [-0.05, 0) is 43.7 Å². The van der Waals surface area contributed by atoms with E-state index in [9.17, 15) is 4.79 Å². The number of carbonyl (C=O) groups excluding carboxylic acids is 1. The van der Waals surface area contributed by atoms with E-state index in [1.165, 1.54) is 0 Å². The standard InChI is InChI=1S/C18H15Cl2NOS/c1-10-17(11(2)22)18(13-8-7-12(19)9-14(13)20)23-16-6-4-3-5-15(16)21-10/h3-9,18,21H,1-2H3. The number of ketones is 1. The molecular formula is C18H15Cl2NOS. The van der Waals surface area contributed by atoms with E-state index < -0.39 is 0 Å². The van der Waals surface area contributed by atoms with Gasteiger partial charge in [-0.1, -0.05) is 41.4 Å². The quantitative estimate of drug-likeness (QED) is 0.697. The third-order valence-corrected chi connectivity index (χ3v) is 5.64. The van der Waals surface area contributed by atoms with Crippen molar-refractivity contribution in [3.8, 4) is 0 Å². The van der Waals surface area contributed by atoms with Gasteiger partial charge in [0, 0.05) is 26.2 Å². The maximum Gasteiger partial charge on any atom is 0.159 e. The lowest BCUT2D eigenvalue weighted by atomic mass is 9.99.